The van der Waals surface area contributed by atoms with Gasteiger partial charge in [0, 0.05) is 28.5 Å². The van der Waals surface area contributed by atoms with Gasteiger partial charge in [-0.2, -0.15) is 5.26 Å². The minimum Gasteiger partial charge on any atom is -0.360 e. The first-order valence-corrected chi connectivity index (χ1v) is 9.13. The van der Waals surface area contributed by atoms with Gasteiger partial charge in [-0.15, -0.1) is 0 Å². The highest BCUT2D eigenvalue weighted by Crippen LogP contribution is 2.28. The zero-order chi connectivity index (χ0) is 19.8. The molecule has 0 aliphatic rings. The molecule has 1 aromatic heterocycles. The fraction of sp³-hybridized carbons (Fsp3) is 0. The van der Waals surface area contributed by atoms with Gasteiger partial charge in [0.05, 0.1) is 11.3 Å². The van der Waals surface area contributed by atoms with E-state index in [-0.39, 0.29) is 21.2 Å². The number of aromatic nitrogens is 1. The van der Waals surface area contributed by atoms with Gasteiger partial charge in [-0.1, -0.05) is 11.6 Å². The second-order valence-corrected chi connectivity index (χ2v) is 7.52. The van der Waals surface area contributed by atoms with Gasteiger partial charge in [0.1, 0.15) is 28.4 Å². The normalized spacial score (nSPS) is 11.2. The largest absolute Gasteiger partial charge is 0.360 e. The van der Waals surface area contributed by atoms with Gasteiger partial charge in [-0.3, -0.25) is 4.72 Å². The molecule has 1 heterocycles. The number of rotatable bonds is 4. The minimum absolute atomic E-state index is 0.0412. The average Bonchev–Trinajstić information content (AvgIpc) is 3.10. The quantitative estimate of drug-likeness (QED) is 0.666. The molecule has 0 saturated carbocycles. The molecule has 3 aromatic rings. The first-order chi connectivity index (χ1) is 12.7. The molecular formula is C17H9ClF3N3O2S. The van der Waals surface area contributed by atoms with Crippen molar-refractivity contribution >= 4 is 27.3 Å². The summed E-state index contributed by atoms with van der Waals surface area (Å²) in [5, 5.41) is 8.91. The van der Waals surface area contributed by atoms with E-state index in [1.807, 2.05) is 4.72 Å². The Morgan fingerprint density at radius 3 is 2.48 bits per heavy atom. The number of anilines is 1. The van der Waals surface area contributed by atoms with Gasteiger partial charge in [0.2, 0.25) is 0 Å². The maximum absolute atomic E-state index is 13.9. The standard InChI is InChI=1S/C17H9ClF3N3O2S/c18-10-1-2-13(19)12(4-10)16-5-11(8-23-16)27(25,26)24-17-6-14(20)9(7-22)3-15(17)21/h1-6,8,23-24H. The zero-order valence-corrected chi connectivity index (χ0v) is 14.8. The van der Waals surface area contributed by atoms with E-state index in [0.29, 0.717) is 12.1 Å². The summed E-state index contributed by atoms with van der Waals surface area (Å²) >= 11 is 5.82. The molecule has 0 amide bonds. The van der Waals surface area contributed by atoms with E-state index in [1.54, 1.807) is 0 Å². The third-order valence-corrected chi connectivity index (χ3v) is 5.19. The molecule has 0 spiro atoms. The second kappa shape index (κ2) is 6.98. The van der Waals surface area contributed by atoms with E-state index in [1.165, 1.54) is 18.2 Å². The fourth-order valence-electron chi connectivity index (χ4n) is 2.30. The number of aromatic amines is 1. The summed E-state index contributed by atoms with van der Waals surface area (Å²) in [6.45, 7) is 0. The molecule has 0 saturated heterocycles. The summed E-state index contributed by atoms with van der Waals surface area (Å²) in [6, 6.07) is 7.48. The van der Waals surface area contributed by atoms with Crippen LogP contribution in [0.3, 0.4) is 0 Å². The molecule has 0 atom stereocenters. The van der Waals surface area contributed by atoms with Crippen molar-refractivity contribution in [2.75, 3.05) is 4.72 Å². The van der Waals surface area contributed by atoms with E-state index in [2.05, 4.69) is 4.98 Å². The number of nitrogens with zero attached hydrogens (tertiary/aromatic N) is 1. The Morgan fingerprint density at radius 1 is 1.04 bits per heavy atom. The Balaban J connectivity index is 1.96. The van der Waals surface area contributed by atoms with Crippen molar-refractivity contribution in [1.82, 2.24) is 4.98 Å². The topological polar surface area (TPSA) is 85.8 Å². The second-order valence-electron chi connectivity index (χ2n) is 5.40. The fourth-order valence-corrected chi connectivity index (χ4v) is 3.53. The summed E-state index contributed by atoms with van der Waals surface area (Å²) in [5.74, 6) is -2.82. The molecule has 138 valence electrons. The molecule has 0 fully saturated rings. The van der Waals surface area contributed by atoms with Crippen LogP contribution in [0.1, 0.15) is 5.56 Å². The monoisotopic (exact) mass is 411 g/mol. The lowest BCUT2D eigenvalue weighted by Crippen LogP contribution is -2.13. The lowest BCUT2D eigenvalue weighted by Gasteiger charge is -2.08. The van der Waals surface area contributed by atoms with Gasteiger partial charge < -0.3 is 4.98 Å². The Morgan fingerprint density at radius 2 is 1.78 bits per heavy atom. The number of hydrogen-bond donors (Lipinski definition) is 2. The van der Waals surface area contributed by atoms with Crippen molar-refractivity contribution in [2.24, 2.45) is 0 Å². The van der Waals surface area contributed by atoms with Crippen LogP contribution in [0.25, 0.3) is 11.3 Å². The number of sulfonamides is 1. The highest BCUT2D eigenvalue weighted by molar-refractivity contribution is 7.92. The lowest BCUT2D eigenvalue weighted by molar-refractivity contribution is 0.593. The van der Waals surface area contributed by atoms with E-state index < -0.39 is 38.7 Å². The Bertz CT molecular complexity index is 1190. The van der Waals surface area contributed by atoms with Crippen LogP contribution in [-0.4, -0.2) is 13.4 Å². The van der Waals surface area contributed by atoms with Gasteiger partial charge >= 0.3 is 0 Å². The number of halogens is 4. The SMILES string of the molecule is N#Cc1cc(F)c(NS(=O)(=O)c2c[nH]c(-c3cc(Cl)ccc3F)c2)cc1F. The molecule has 3 rings (SSSR count). The summed E-state index contributed by atoms with van der Waals surface area (Å²) in [5.41, 5.74) is -1.06. The predicted molar refractivity (Wildman–Crippen MR) is 93.1 cm³/mol. The Labute approximate surface area is 157 Å². The van der Waals surface area contributed by atoms with Crippen LogP contribution in [0.2, 0.25) is 5.02 Å². The van der Waals surface area contributed by atoms with E-state index in [9.17, 15) is 21.6 Å². The molecule has 5 nitrogen and oxygen atoms in total. The van der Waals surface area contributed by atoms with Crippen LogP contribution < -0.4 is 4.72 Å². The molecule has 0 aliphatic carbocycles. The third kappa shape index (κ3) is 3.77. The number of H-pyrrole nitrogens is 1. The first-order valence-electron chi connectivity index (χ1n) is 7.27. The number of benzene rings is 2. The summed E-state index contributed by atoms with van der Waals surface area (Å²) in [4.78, 5) is 2.27. The molecule has 27 heavy (non-hydrogen) atoms. The molecule has 0 radical (unpaired) electrons. The van der Waals surface area contributed by atoms with Crippen LogP contribution in [-0.2, 0) is 10.0 Å². The summed E-state index contributed by atoms with van der Waals surface area (Å²) in [7, 11) is -4.31. The van der Waals surface area contributed by atoms with Crippen molar-refractivity contribution in [3.8, 4) is 17.3 Å². The third-order valence-electron chi connectivity index (χ3n) is 3.61. The molecule has 2 N–H and O–H groups in total. The first kappa shape index (κ1) is 18.8. The summed E-state index contributed by atoms with van der Waals surface area (Å²) < 4.78 is 68.2. The molecule has 2 aromatic carbocycles. The van der Waals surface area contributed by atoms with Crippen LogP contribution in [0.4, 0.5) is 18.9 Å². The van der Waals surface area contributed by atoms with Gasteiger partial charge in [0.15, 0.2) is 0 Å². The molecular weight excluding hydrogens is 403 g/mol. The van der Waals surface area contributed by atoms with E-state index in [0.717, 1.165) is 18.3 Å². The molecule has 10 heteroatoms. The van der Waals surface area contributed by atoms with Crippen LogP contribution in [0, 0.1) is 28.8 Å². The van der Waals surface area contributed by atoms with Crippen LogP contribution in [0.15, 0.2) is 47.5 Å². The molecule has 0 unspecified atom stereocenters. The van der Waals surface area contributed by atoms with Crippen LogP contribution in [0.5, 0.6) is 0 Å². The van der Waals surface area contributed by atoms with E-state index in [4.69, 9.17) is 16.9 Å². The van der Waals surface area contributed by atoms with E-state index >= 15 is 0 Å². The van der Waals surface area contributed by atoms with Crippen LogP contribution >= 0.6 is 11.6 Å². The highest BCUT2D eigenvalue weighted by atomic mass is 35.5. The predicted octanol–water partition coefficient (Wildman–Crippen LogP) is 4.42. The lowest BCUT2D eigenvalue weighted by atomic mass is 10.1. The van der Waals surface area contributed by atoms with Gasteiger partial charge in [-0.25, -0.2) is 21.6 Å². The molecule has 0 aliphatic heterocycles. The van der Waals surface area contributed by atoms with Gasteiger partial charge in [-0.05, 0) is 30.3 Å². The minimum atomic E-state index is -4.31. The zero-order valence-electron chi connectivity index (χ0n) is 13.2. The van der Waals surface area contributed by atoms with Crippen molar-refractivity contribution in [3.05, 3.63) is 70.6 Å². The average molecular weight is 412 g/mol. The maximum Gasteiger partial charge on any atom is 0.263 e. The molecule has 0 bridgehead atoms. The van der Waals surface area contributed by atoms with Crippen molar-refractivity contribution in [2.45, 2.75) is 4.90 Å². The number of hydrogen-bond acceptors (Lipinski definition) is 3. The van der Waals surface area contributed by atoms with Crippen molar-refractivity contribution in [1.29, 1.82) is 5.26 Å². The smallest absolute Gasteiger partial charge is 0.263 e. The van der Waals surface area contributed by atoms with Crippen molar-refractivity contribution < 1.29 is 21.6 Å². The maximum atomic E-state index is 13.9. The highest BCUT2D eigenvalue weighted by Gasteiger charge is 2.21. The number of nitriles is 1. The Hall–Kier alpha value is -2.96. The van der Waals surface area contributed by atoms with Crippen molar-refractivity contribution in [3.63, 3.8) is 0 Å². The van der Waals surface area contributed by atoms with Gasteiger partial charge in [0.25, 0.3) is 10.0 Å². The Kier molecular flexibility index (Phi) is 4.87. The number of nitrogens with one attached hydrogen (secondary N) is 2. The summed E-state index contributed by atoms with van der Waals surface area (Å²) in [6.07, 6.45) is 1.07.